The van der Waals surface area contributed by atoms with Gasteiger partial charge in [0.25, 0.3) is 0 Å². The Morgan fingerprint density at radius 3 is 2.70 bits per heavy atom. The normalized spacial score (nSPS) is 10.4. The van der Waals surface area contributed by atoms with Gasteiger partial charge in [-0.25, -0.2) is 0 Å². The molecule has 7 heteroatoms. The third-order valence-electron chi connectivity index (χ3n) is 2.73. The Kier molecular flexibility index (Phi) is 3.18. The Morgan fingerprint density at radius 1 is 1.15 bits per heavy atom. The third kappa shape index (κ3) is 2.26. The number of nitrogens with zero attached hydrogens (tertiary/aromatic N) is 5. The summed E-state index contributed by atoms with van der Waals surface area (Å²) >= 11 is 5.01. The first-order chi connectivity index (χ1) is 9.75. The molecule has 0 aliphatic carbocycles. The SMILES string of the molecule is NC(=S)c1ccncc1-n1nnc(-c2ccccc2)n1. The summed E-state index contributed by atoms with van der Waals surface area (Å²) in [6, 6.07) is 11.3. The van der Waals surface area contributed by atoms with Gasteiger partial charge in [0.05, 0.1) is 6.20 Å². The third-order valence-corrected chi connectivity index (χ3v) is 2.95. The van der Waals surface area contributed by atoms with Crippen LogP contribution in [-0.2, 0) is 0 Å². The quantitative estimate of drug-likeness (QED) is 0.730. The lowest BCUT2D eigenvalue weighted by Gasteiger charge is -2.04. The summed E-state index contributed by atoms with van der Waals surface area (Å²) in [5.74, 6) is 0.531. The number of aromatic nitrogens is 5. The van der Waals surface area contributed by atoms with Gasteiger partial charge >= 0.3 is 0 Å². The summed E-state index contributed by atoms with van der Waals surface area (Å²) in [5, 5.41) is 12.4. The summed E-state index contributed by atoms with van der Waals surface area (Å²) in [7, 11) is 0. The number of hydrogen-bond donors (Lipinski definition) is 1. The van der Waals surface area contributed by atoms with Crippen molar-refractivity contribution in [2.24, 2.45) is 5.73 Å². The van der Waals surface area contributed by atoms with Crippen LogP contribution in [0.2, 0.25) is 0 Å². The Labute approximate surface area is 120 Å². The van der Waals surface area contributed by atoms with Gasteiger partial charge < -0.3 is 5.73 Å². The molecule has 20 heavy (non-hydrogen) atoms. The molecule has 6 nitrogen and oxygen atoms in total. The van der Waals surface area contributed by atoms with Crippen LogP contribution in [0, 0.1) is 0 Å². The maximum Gasteiger partial charge on any atom is 0.205 e. The van der Waals surface area contributed by atoms with Crippen molar-refractivity contribution in [1.82, 2.24) is 25.2 Å². The van der Waals surface area contributed by atoms with Crippen LogP contribution >= 0.6 is 12.2 Å². The van der Waals surface area contributed by atoms with E-state index in [0.29, 0.717) is 17.1 Å². The Hall–Kier alpha value is -2.67. The first-order valence-electron chi connectivity index (χ1n) is 5.85. The first-order valence-corrected chi connectivity index (χ1v) is 6.26. The zero-order valence-corrected chi connectivity index (χ0v) is 11.2. The highest BCUT2D eigenvalue weighted by molar-refractivity contribution is 7.80. The average Bonchev–Trinajstić information content (AvgIpc) is 2.98. The van der Waals surface area contributed by atoms with Crippen molar-refractivity contribution in [2.45, 2.75) is 0 Å². The topological polar surface area (TPSA) is 82.5 Å². The van der Waals surface area contributed by atoms with Gasteiger partial charge in [-0.15, -0.1) is 15.0 Å². The molecule has 3 aromatic rings. The molecule has 0 fully saturated rings. The van der Waals surface area contributed by atoms with Gasteiger partial charge in [-0.2, -0.15) is 0 Å². The van der Waals surface area contributed by atoms with Crippen LogP contribution in [0.3, 0.4) is 0 Å². The van der Waals surface area contributed by atoms with E-state index in [1.54, 1.807) is 18.5 Å². The van der Waals surface area contributed by atoms with Gasteiger partial charge in [0.15, 0.2) is 0 Å². The van der Waals surface area contributed by atoms with E-state index in [1.165, 1.54) is 4.80 Å². The zero-order chi connectivity index (χ0) is 13.9. The largest absolute Gasteiger partial charge is 0.389 e. The minimum Gasteiger partial charge on any atom is -0.389 e. The molecular weight excluding hydrogens is 272 g/mol. The number of rotatable bonds is 3. The van der Waals surface area contributed by atoms with E-state index >= 15 is 0 Å². The summed E-state index contributed by atoms with van der Waals surface area (Å²) in [4.78, 5) is 5.69. The number of tetrazole rings is 1. The van der Waals surface area contributed by atoms with E-state index in [4.69, 9.17) is 18.0 Å². The number of pyridine rings is 1. The van der Waals surface area contributed by atoms with E-state index in [9.17, 15) is 0 Å². The van der Waals surface area contributed by atoms with Gasteiger partial charge in [-0.05, 0) is 11.3 Å². The minimum atomic E-state index is 0.265. The molecular formula is C13H10N6S. The predicted molar refractivity (Wildman–Crippen MR) is 78.3 cm³/mol. The second-order valence-corrected chi connectivity index (χ2v) is 4.47. The van der Waals surface area contributed by atoms with Crippen molar-refractivity contribution in [3.63, 3.8) is 0 Å². The Bertz CT molecular complexity index is 752. The molecule has 2 heterocycles. The van der Waals surface area contributed by atoms with Gasteiger partial charge in [0.1, 0.15) is 10.7 Å². The molecule has 0 unspecified atom stereocenters. The lowest BCUT2D eigenvalue weighted by atomic mass is 10.2. The first kappa shape index (κ1) is 12.4. The van der Waals surface area contributed by atoms with Crippen LogP contribution in [-0.4, -0.2) is 30.2 Å². The summed E-state index contributed by atoms with van der Waals surface area (Å²) in [6.45, 7) is 0. The second kappa shape index (κ2) is 5.14. The Balaban J connectivity index is 2.05. The van der Waals surface area contributed by atoms with Crippen molar-refractivity contribution in [1.29, 1.82) is 0 Å². The summed E-state index contributed by atoms with van der Waals surface area (Å²) < 4.78 is 0. The predicted octanol–water partition coefficient (Wildman–Crippen LogP) is 1.36. The van der Waals surface area contributed by atoms with Crippen LogP contribution in [0.4, 0.5) is 0 Å². The van der Waals surface area contributed by atoms with Crippen LogP contribution in [0.15, 0.2) is 48.8 Å². The van der Waals surface area contributed by atoms with Gasteiger partial charge in [-0.1, -0.05) is 42.5 Å². The van der Waals surface area contributed by atoms with Crippen LogP contribution < -0.4 is 5.73 Å². The maximum absolute atomic E-state index is 5.68. The fraction of sp³-hybridized carbons (Fsp3) is 0. The van der Waals surface area contributed by atoms with Crippen LogP contribution in [0.25, 0.3) is 17.1 Å². The van der Waals surface area contributed by atoms with E-state index in [0.717, 1.165) is 5.56 Å². The van der Waals surface area contributed by atoms with E-state index in [1.807, 2.05) is 30.3 Å². The molecule has 0 atom stereocenters. The number of nitrogens with two attached hydrogens (primary N) is 1. The van der Waals surface area contributed by atoms with E-state index < -0.39 is 0 Å². The van der Waals surface area contributed by atoms with Crippen molar-refractivity contribution in [3.8, 4) is 17.1 Å². The molecule has 0 aliphatic heterocycles. The lowest BCUT2D eigenvalue weighted by molar-refractivity contribution is 0.716. The van der Waals surface area contributed by atoms with Gasteiger partial charge in [0.2, 0.25) is 5.82 Å². The van der Waals surface area contributed by atoms with Gasteiger partial charge in [0, 0.05) is 17.3 Å². The molecule has 0 aliphatic rings. The van der Waals surface area contributed by atoms with Crippen LogP contribution in [0.5, 0.6) is 0 Å². The molecule has 3 rings (SSSR count). The zero-order valence-electron chi connectivity index (χ0n) is 10.3. The van der Waals surface area contributed by atoms with Crippen LogP contribution in [0.1, 0.15) is 5.56 Å². The van der Waals surface area contributed by atoms with Crippen molar-refractivity contribution >= 4 is 17.2 Å². The standard InChI is InChI=1S/C13H10N6S/c14-12(20)10-6-7-15-8-11(10)19-17-13(16-18-19)9-4-2-1-3-5-9/h1-8H,(H2,14,20). The van der Waals surface area contributed by atoms with Gasteiger partial charge in [-0.3, -0.25) is 4.98 Å². The molecule has 0 bridgehead atoms. The molecule has 0 radical (unpaired) electrons. The van der Waals surface area contributed by atoms with E-state index in [2.05, 4.69) is 20.4 Å². The highest BCUT2D eigenvalue weighted by atomic mass is 32.1. The highest BCUT2D eigenvalue weighted by Crippen LogP contribution is 2.15. The molecule has 1 aromatic carbocycles. The smallest absolute Gasteiger partial charge is 0.205 e. The fourth-order valence-corrected chi connectivity index (χ4v) is 1.95. The summed E-state index contributed by atoms with van der Waals surface area (Å²) in [6.07, 6.45) is 3.22. The molecule has 98 valence electrons. The monoisotopic (exact) mass is 282 g/mol. The molecule has 2 N–H and O–H groups in total. The van der Waals surface area contributed by atoms with E-state index in [-0.39, 0.29) is 4.99 Å². The highest BCUT2D eigenvalue weighted by Gasteiger charge is 2.11. The molecule has 2 aromatic heterocycles. The fourth-order valence-electron chi connectivity index (χ4n) is 1.77. The number of thiocarbonyl (C=S) groups is 1. The van der Waals surface area contributed by atoms with Crippen molar-refractivity contribution < 1.29 is 0 Å². The average molecular weight is 282 g/mol. The molecule has 0 saturated heterocycles. The lowest BCUT2D eigenvalue weighted by Crippen LogP contribution is -2.14. The number of benzene rings is 1. The minimum absolute atomic E-state index is 0.265. The van der Waals surface area contributed by atoms with Crippen molar-refractivity contribution in [2.75, 3.05) is 0 Å². The molecule has 0 saturated carbocycles. The maximum atomic E-state index is 5.68. The molecule has 0 amide bonds. The summed E-state index contributed by atoms with van der Waals surface area (Å²) in [5.41, 5.74) is 7.84. The van der Waals surface area contributed by atoms with Crippen molar-refractivity contribution in [3.05, 3.63) is 54.4 Å². The second-order valence-electron chi connectivity index (χ2n) is 4.03. The Morgan fingerprint density at radius 2 is 1.95 bits per heavy atom. The number of hydrogen-bond acceptors (Lipinski definition) is 5. The molecule has 0 spiro atoms.